The van der Waals surface area contributed by atoms with Gasteiger partial charge in [-0.15, -0.1) is 0 Å². The maximum absolute atomic E-state index is 14.5. The van der Waals surface area contributed by atoms with E-state index in [1.165, 1.54) is 0 Å². The lowest BCUT2D eigenvalue weighted by Crippen LogP contribution is -2.52. The fourth-order valence-corrected chi connectivity index (χ4v) is 2.75. The minimum absolute atomic E-state index is 0.0478. The van der Waals surface area contributed by atoms with Crippen molar-refractivity contribution >= 4 is 11.5 Å². The normalized spacial score (nSPS) is 22.3. The Labute approximate surface area is 131 Å². The average molecular weight is 328 g/mol. The van der Waals surface area contributed by atoms with Crippen molar-refractivity contribution in [3.05, 3.63) is 53.9 Å². The molecule has 1 unspecified atom stereocenters. The Bertz CT molecular complexity index is 672. The van der Waals surface area contributed by atoms with E-state index >= 15 is 0 Å². The van der Waals surface area contributed by atoms with Gasteiger partial charge < -0.3 is 5.11 Å². The number of rotatable bonds is 3. The fraction of sp³-hybridized carbons (Fsp3) is 0.353. The largest absolute Gasteiger partial charge is 0.481 e. The van der Waals surface area contributed by atoms with Crippen molar-refractivity contribution in [2.45, 2.75) is 26.4 Å². The van der Waals surface area contributed by atoms with Gasteiger partial charge in [0.15, 0.2) is 0 Å². The topological polar surface area (TPSA) is 37.3 Å². The van der Waals surface area contributed by atoms with Crippen LogP contribution in [0.15, 0.2) is 48.3 Å². The van der Waals surface area contributed by atoms with Crippen LogP contribution < -0.4 is 0 Å². The van der Waals surface area contributed by atoms with Crippen LogP contribution in [0, 0.1) is 10.8 Å². The van der Waals surface area contributed by atoms with Gasteiger partial charge in [0.1, 0.15) is 11.2 Å². The zero-order valence-electron chi connectivity index (χ0n) is 12.6. The first-order valence-corrected chi connectivity index (χ1v) is 6.96. The summed E-state index contributed by atoms with van der Waals surface area (Å²) in [7, 11) is 0. The molecule has 0 heterocycles. The van der Waals surface area contributed by atoms with Gasteiger partial charge in [0.25, 0.3) is 0 Å². The summed E-state index contributed by atoms with van der Waals surface area (Å²) in [6.07, 6.45) is -4.11. The van der Waals surface area contributed by atoms with E-state index < -0.39 is 35.2 Å². The van der Waals surface area contributed by atoms with E-state index in [9.17, 15) is 27.5 Å². The molecular weight excluding hydrogens is 312 g/mol. The molecule has 0 bridgehead atoms. The molecule has 2 rings (SSSR count). The van der Waals surface area contributed by atoms with Gasteiger partial charge in [0.2, 0.25) is 0 Å². The van der Waals surface area contributed by atoms with Crippen LogP contribution >= 0.6 is 0 Å². The lowest BCUT2D eigenvalue weighted by molar-refractivity contribution is -0.243. The molecule has 0 aliphatic heterocycles. The van der Waals surface area contributed by atoms with Crippen molar-refractivity contribution in [1.82, 2.24) is 0 Å². The highest BCUT2D eigenvalue weighted by Gasteiger charge is 2.65. The average Bonchev–Trinajstić information content (AvgIpc) is 2.46. The molecule has 2 nitrogen and oxygen atoms in total. The van der Waals surface area contributed by atoms with Gasteiger partial charge >= 0.3 is 12.1 Å². The second kappa shape index (κ2) is 5.51. The number of aliphatic carboxylic acids is 1. The Morgan fingerprint density at radius 2 is 1.74 bits per heavy atom. The van der Waals surface area contributed by atoms with Crippen molar-refractivity contribution in [2.24, 2.45) is 10.8 Å². The Hall–Kier alpha value is -2.11. The van der Waals surface area contributed by atoms with Crippen LogP contribution in [0.25, 0.3) is 5.57 Å². The summed E-state index contributed by atoms with van der Waals surface area (Å²) in [5, 5.41) is 9.22. The molecule has 124 valence electrons. The minimum Gasteiger partial charge on any atom is -0.481 e. The molecule has 6 heteroatoms. The number of hydrogen-bond donors (Lipinski definition) is 1. The summed E-state index contributed by atoms with van der Waals surface area (Å²) in [6, 6.07) is 8.18. The number of allylic oxidation sites excluding steroid dienone is 4. The van der Waals surface area contributed by atoms with E-state index in [4.69, 9.17) is 0 Å². The lowest BCUT2D eigenvalue weighted by atomic mass is 9.60. The number of alkyl halides is 3. The van der Waals surface area contributed by atoms with E-state index in [1.54, 1.807) is 30.3 Å². The van der Waals surface area contributed by atoms with Crippen molar-refractivity contribution < 1.29 is 27.5 Å². The summed E-state index contributed by atoms with van der Waals surface area (Å²) < 4.78 is 55.4. The number of carboxylic acids is 1. The Kier molecular flexibility index (Phi) is 4.13. The summed E-state index contributed by atoms with van der Waals surface area (Å²) in [6.45, 7) is 1.93. The van der Waals surface area contributed by atoms with Gasteiger partial charge in [0.05, 0.1) is 5.41 Å². The number of benzene rings is 1. The van der Waals surface area contributed by atoms with Crippen molar-refractivity contribution in [3.63, 3.8) is 0 Å². The van der Waals surface area contributed by atoms with Crippen molar-refractivity contribution in [1.29, 1.82) is 0 Å². The third-order valence-corrected chi connectivity index (χ3v) is 4.50. The highest BCUT2D eigenvalue weighted by atomic mass is 19.4. The monoisotopic (exact) mass is 328 g/mol. The zero-order valence-corrected chi connectivity index (χ0v) is 12.6. The quantitative estimate of drug-likeness (QED) is 0.794. The van der Waals surface area contributed by atoms with E-state index in [1.807, 2.05) is 0 Å². The molecule has 0 amide bonds. The number of carboxylic acid groups (broad SMARTS) is 1. The molecule has 1 N–H and O–H groups in total. The van der Waals surface area contributed by atoms with E-state index in [0.717, 1.165) is 26.0 Å². The number of halogens is 4. The maximum atomic E-state index is 14.5. The highest BCUT2D eigenvalue weighted by molar-refractivity contribution is 5.80. The zero-order chi connectivity index (χ0) is 17.5. The highest BCUT2D eigenvalue weighted by Crippen LogP contribution is 2.58. The Morgan fingerprint density at radius 1 is 1.17 bits per heavy atom. The smallest absolute Gasteiger partial charge is 0.399 e. The van der Waals surface area contributed by atoms with Gasteiger partial charge in [-0.3, -0.25) is 4.79 Å². The molecule has 0 saturated carbocycles. The molecule has 1 aliphatic rings. The maximum Gasteiger partial charge on any atom is 0.399 e. The SMILES string of the molecule is CC(C)(C(=O)O)C1(C(F)(F)F)C=CC(c2ccccc2)=C(F)C1. The number of carbonyl (C=O) groups is 1. The van der Waals surface area contributed by atoms with Crippen LogP contribution in [0.1, 0.15) is 25.8 Å². The Balaban J connectivity index is 2.55. The number of hydrogen-bond acceptors (Lipinski definition) is 1. The van der Waals surface area contributed by atoms with Crippen LogP contribution in [0.5, 0.6) is 0 Å². The van der Waals surface area contributed by atoms with Crippen LogP contribution in [0.2, 0.25) is 0 Å². The van der Waals surface area contributed by atoms with Gasteiger partial charge in [-0.2, -0.15) is 13.2 Å². The molecule has 0 saturated heterocycles. The van der Waals surface area contributed by atoms with Gasteiger partial charge in [-0.1, -0.05) is 42.5 Å². The molecule has 1 aromatic rings. The summed E-state index contributed by atoms with van der Waals surface area (Å²) in [5.74, 6) is -2.60. The molecule has 1 aromatic carbocycles. The van der Waals surface area contributed by atoms with Crippen LogP contribution in [-0.2, 0) is 4.79 Å². The first-order valence-electron chi connectivity index (χ1n) is 6.96. The summed E-state index contributed by atoms with van der Waals surface area (Å²) in [5.41, 5.74) is -4.51. The predicted molar refractivity (Wildman–Crippen MR) is 78.1 cm³/mol. The van der Waals surface area contributed by atoms with Crippen LogP contribution in [-0.4, -0.2) is 17.3 Å². The third kappa shape index (κ3) is 2.66. The molecule has 0 spiro atoms. The molecular formula is C17H16F4O2. The third-order valence-electron chi connectivity index (χ3n) is 4.50. The lowest BCUT2D eigenvalue weighted by Gasteiger charge is -2.44. The van der Waals surface area contributed by atoms with Crippen molar-refractivity contribution in [2.75, 3.05) is 0 Å². The van der Waals surface area contributed by atoms with E-state index in [0.29, 0.717) is 5.56 Å². The molecule has 0 radical (unpaired) electrons. The first kappa shape index (κ1) is 17.2. The second-order valence-electron chi connectivity index (χ2n) is 6.09. The molecule has 1 atom stereocenters. The first-order chi connectivity index (χ1) is 10.5. The van der Waals surface area contributed by atoms with E-state index in [-0.39, 0.29) is 5.57 Å². The Morgan fingerprint density at radius 3 is 2.17 bits per heavy atom. The molecule has 0 fully saturated rings. The van der Waals surface area contributed by atoms with Gasteiger partial charge in [0, 0.05) is 12.0 Å². The summed E-state index contributed by atoms with van der Waals surface area (Å²) in [4.78, 5) is 11.4. The van der Waals surface area contributed by atoms with Crippen LogP contribution in [0.3, 0.4) is 0 Å². The standard InChI is InChI=1S/C17H16F4O2/c1-15(2,14(22)23)16(17(19,20)21)9-8-12(13(18)10-16)11-6-4-3-5-7-11/h3-9H,10H2,1-2H3,(H,22,23). The van der Waals surface area contributed by atoms with Gasteiger partial charge in [-0.25, -0.2) is 4.39 Å². The fourth-order valence-electron chi connectivity index (χ4n) is 2.75. The summed E-state index contributed by atoms with van der Waals surface area (Å²) >= 11 is 0. The van der Waals surface area contributed by atoms with Gasteiger partial charge in [-0.05, 0) is 19.4 Å². The van der Waals surface area contributed by atoms with E-state index in [2.05, 4.69) is 0 Å². The predicted octanol–water partition coefficient (Wildman–Crippen LogP) is 4.99. The van der Waals surface area contributed by atoms with Crippen LogP contribution in [0.4, 0.5) is 17.6 Å². The van der Waals surface area contributed by atoms with Crippen molar-refractivity contribution in [3.8, 4) is 0 Å². The second-order valence-corrected chi connectivity index (χ2v) is 6.09. The molecule has 1 aliphatic carbocycles. The molecule has 0 aromatic heterocycles. The minimum atomic E-state index is -4.90. The molecule has 23 heavy (non-hydrogen) atoms.